The van der Waals surface area contributed by atoms with Crippen LogP contribution in [-0.2, 0) is 0 Å². The Kier molecular flexibility index (Phi) is 4.32. The molecule has 8 heteroatoms. The van der Waals surface area contributed by atoms with Crippen LogP contribution < -0.4 is 24.8 Å². The molecule has 0 atom stereocenters. The van der Waals surface area contributed by atoms with Crippen LogP contribution in [0.15, 0.2) is 47.8 Å². The third-order valence-corrected chi connectivity index (χ3v) is 4.47. The number of rotatable bonds is 5. The number of benzene rings is 2. The van der Waals surface area contributed by atoms with Gasteiger partial charge in [0.2, 0.25) is 6.79 Å². The third kappa shape index (κ3) is 3.27. The summed E-state index contributed by atoms with van der Waals surface area (Å²) in [6, 6.07) is 12.7. The van der Waals surface area contributed by atoms with Crippen LogP contribution >= 0.6 is 11.3 Å². The first-order valence-electron chi connectivity index (χ1n) is 7.79. The number of methoxy groups -OCH3 is 1. The van der Waals surface area contributed by atoms with Crippen LogP contribution in [0.4, 0.5) is 16.5 Å². The van der Waals surface area contributed by atoms with Crippen molar-refractivity contribution in [2.45, 2.75) is 0 Å². The Bertz CT molecular complexity index is 957. The molecule has 132 valence electrons. The highest BCUT2D eigenvalue weighted by Gasteiger charge is 2.15. The number of nitrogens with one attached hydrogen (secondary N) is 2. The van der Waals surface area contributed by atoms with Crippen molar-refractivity contribution in [1.82, 2.24) is 4.98 Å². The first kappa shape index (κ1) is 16.2. The molecule has 0 unspecified atom stereocenters. The average Bonchev–Trinajstić information content (AvgIpc) is 3.31. The van der Waals surface area contributed by atoms with Crippen molar-refractivity contribution in [2.24, 2.45) is 0 Å². The summed E-state index contributed by atoms with van der Waals surface area (Å²) in [7, 11) is 1.56. The molecule has 1 amide bonds. The van der Waals surface area contributed by atoms with E-state index in [1.54, 1.807) is 24.6 Å². The minimum Gasteiger partial charge on any atom is -0.495 e. The van der Waals surface area contributed by atoms with E-state index < -0.39 is 0 Å². The molecule has 1 aliphatic rings. The molecule has 0 aliphatic carbocycles. The lowest BCUT2D eigenvalue weighted by atomic mass is 10.3. The molecule has 3 aromatic rings. The SMILES string of the molecule is COc1ccccc1NC(=O)c1csc(Nc2ccc3c(c2)OCO3)n1. The first-order chi connectivity index (χ1) is 12.7. The molecule has 26 heavy (non-hydrogen) atoms. The highest BCUT2D eigenvalue weighted by atomic mass is 32.1. The molecule has 1 aromatic heterocycles. The number of hydrogen-bond acceptors (Lipinski definition) is 7. The van der Waals surface area contributed by atoms with Gasteiger partial charge in [-0.1, -0.05) is 12.1 Å². The minimum atomic E-state index is -0.301. The van der Waals surface area contributed by atoms with Crippen LogP contribution in [0.3, 0.4) is 0 Å². The van der Waals surface area contributed by atoms with E-state index in [0.717, 1.165) is 5.69 Å². The number of nitrogens with zero attached hydrogens (tertiary/aromatic N) is 1. The molecule has 0 radical (unpaired) electrons. The Morgan fingerprint density at radius 1 is 1.19 bits per heavy atom. The molecule has 1 aliphatic heterocycles. The van der Waals surface area contributed by atoms with Gasteiger partial charge in [-0.25, -0.2) is 4.98 Å². The molecule has 0 bridgehead atoms. The molecule has 2 N–H and O–H groups in total. The number of thiazole rings is 1. The topological polar surface area (TPSA) is 81.7 Å². The number of carbonyl (C=O) groups excluding carboxylic acids is 1. The van der Waals surface area contributed by atoms with E-state index in [1.165, 1.54) is 11.3 Å². The van der Waals surface area contributed by atoms with Gasteiger partial charge in [0.25, 0.3) is 5.91 Å². The highest BCUT2D eigenvalue weighted by Crippen LogP contribution is 2.35. The zero-order chi connectivity index (χ0) is 17.9. The number of carbonyl (C=O) groups is 1. The van der Waals surface area contributed by atoms with E-state index in [4.69, 9.17) is 14.2 Å². The van der Waals surface area contributed by atoms with Crippen molar-refractivity contribution < 1.29 is 19.0 Å². The Balaban J connectivity index is 1.46. The van der Waals surface area contributed by atoms with Crippen LogP contribution in [-0.4, -0.2) is 24.8 Å². The fraction of sp³-hybridized carbons (Fsp3) is 0.111. The zero-order valence-electron chi connectivity index (χ0n) is 13.8. The van der Waals surface area contributed by atoms with Gasteiger partial charge in [0, 0.05) is 17.1 Å². The van der Waals surface area contributed by atoms with Crippen LogP contribution in [0.1, 0.15) is 10.5 Å². The Labute approximate surface area is 153 Å². The van der Waals surface area contributed by atoms with Gasteiger partial charge < -0.3 is 24.8 Å². The number of aromatic nitrogens is 1. The number of anilines is 3. The summed E-state index contributed by atoms with van der Waals surface area (Å²) < 4.78 is 15.9. The maximum atomic E-state index is 12.4. The van der Waals surface area contributed by atoms with Gasteiger partial charge in [-0.3, -0.25) is 4.79 Å². The van der Waals surface area contributed by atoms with E-state index in [0.29, 0.717) is 33.8 Å². The molecule has 0 saturated carbocycles. The average molecular weight is 369 g/mol. The van der Waals surface area contributed by atoms with Crippen molar-refractivity contribution in [3.63, 3.8) is 0 Å². The Morgan fingerprint density at radius 2 is 2.04 bits per heavy atom. The summed E-state index contributed by atoms with van der Waals surface area (Å²) in [5.41, 5.74) is 1.72. The second-order valence-electron chi connectivity index (χ2n) is 5.39. The fourth-order valence-corrected chi connectivity index (χ4v) is 3.18. The van der Waals surface area contributed by atoms with Gasteiger partial charge in [0.1, 0.15) is 11.4 Å². The Morgan fingerprint density at radius 3 is 2.92 bits per heavy atom. The minimum absolute atomic E-state index is 0.226. The van der Waals surface area contributed by atoms with Gasteiger partial charge in [0.05, 0.1) is 12.8 Å². The van der Waals surface area contributed by atoms with Gasteiger partial charge in [-0.2, -0.15) is 0 Å². The first-order valence-corrected chi connectivity index (χ1v) is 8.67. The van der Waals surface area contributed by atoms with Gasteiger partial charge in [-0.05, 0) is 24.3 Å². The Hall–Kier alpha value is -3.26. The summed E-state index contributed by atoms with van der Waals surface area (Å²) in [4.78, 5) is 16.7. The quantitative estimate of drug-likeness (QED) is 0.710. The molecular formula is C18H15N3O4S. The van der Waals surface area contributed by atoms with Crippen molar-refractivity contribution in [1.29, 1.82) is 0 Å². The number of ether oxygens (including phenoxy) is 3. The molecule has 0 saturated heterocycles. The lowest BCUT2D eigenvalue weighted by Crippen LogP contribution is -2.13. The highest BCUT2D eigenvalue weighted by molar-refractivity contribution is 7.14. The summed E-state index contributed by atoms with van der Waals surface area (Å²) >= 11 is 1.34. The number of fused-ring (bicyclic) bond motifs is 1. The largest absolute Gasteiger partial charge is 0.495 e. The summed E-state index contributed by atoms with van der Waals surface area (Å²) in [6.07, 6.45) is 0. The standard InChI is InChI=1S/C18H15N3O4S/c1-23-14-5-3-2-4-12(14)20-17(22)13-9-26-18(21-13)19-11-6-7-15-16(8-11)25-10-24-15/h2-9H,10H2,1H3,(H,19,21)(H,20,22). The predicted molar refractivity (Wildman–Crippen MR) is 98.9 cm³/mol. The second kappa shape index (κ2) is 6.93. The molecule has 7 nitrogen and oxygen atoms in total. The van der Waals surface area contributed by atoms with E-state index in [-0.39, 0.29) is 12.7 Å². The summed E-state index contributed by atoms with van der Waals surface area (Å²) in [5.74, 6) is 1.69. The molecule has 0 fully saturated rings. The van der Waals surface area contributed by atoms with Crippen LogP contribution in [0.5, 0.6) is 17.2 Å². The van der Waals surface area contributed by atoms with Crippen molar-refractivity contribution in [2.75, 3.05) is 24.5 Å². The maximum Gasteiger partial charge on any atom is 0.275 e. The predicted octanol–water partition coefficient (Wildman–Crippen LogP) is 3.88. The van der Waals surface area contributed by atoms with E-state index in [2.05, 4.69) is 15.6 Å². The van der Waals surface area contributed by atoms with E-state index in [1.807, 2.05) is 30.3 Å². The maximum absolute atomic E-state index is 12.4. The van der Waals surface area contributed by atoms with Crippen molar-refractivity contribution in [3.05, 3.63) is 53.5 Å². The molecule has 4 rings (SSSR count). The second-order valence-corrected chi connectivity index (χ2v) is 6.24. The number of para-hydroxylation sites is 2. The van der Waals surface area contributed by atoms with Crippen molar-refractivity contribution >= 4 is 33.8 Å². The van der Waals surface area contributed by atoms with E-state index >= 15 is 0 Å². The van der Waals surface area contributed by atoms with Gasteiger partial charge >= 0.3 is 0 Å². The van der Waals surface area contributed by atoms with E-state index in [9.17, 15) is 4.79 Å². The molecular weight excluding hydrogens is 354 g/mol. The monoisotopic (exact) mass is 369 g/mol. The zero-order valence-corrected chi connectivity index (χ0v) is 14.6. The van der Waals surface area contributed by atoms with Crippen LogP contribution in [0, 0.1) is 0 Å². The number of amides is 1. The van der Waals surface area contributed by atoms with Crippen LogP contribution in [0.25, 0.3) is 0 Å². The van der Waals surface area contributed by atoms with Gasteiger partial charge in [-0.15, -0.1) is 11.3 Å². The molecule has 2 aromatic carbocycles. The number of hydrogen-bond donors (Lipinski definition) is 2. The lowest BCUT2D eigenvalue weighted by Gasteiger charge is -2.08. The fourth-order valence-electron chi connectivity index (χ4n) is 2.47. The summed E-state index contributed by atoms with van der Waals surface area (Å²) in [6.45, 7) is 0.226. The normalized spacial score (nSPS) is 11.9. The summed E-state index contributed by atoms with van der Waals surface area (Å²) in [5, 5.41) is 8.27. The van der Waals surface area contributed by atoms with Crippen LogP contribution in [0.2, 0.25) is 0 Å². The van der Waals surface area contributed by atoms with Gasteiger partial charge in [0.15, 0.2) is 16.6 Å². The smallest absolute Gasteiger partial charge is 0.275 e. The van der Waals surface area contributed by atoms with Crippen molar-refractivity contribution in [3.8, 4) is 17.2 Å². The molecule has 0 spiro atoms. The molecule has 2 heterocycles. The lowest BCUT2D eigenvalue weighted by molar-refractivity contribution is 0.102. The third-order valence-electron chi connectivity index (χ3n) is 3.72.